The first-order chi connectivity index (χ1) is 12.5. The summed E-state index contributed by atoms with van der Waals surface area (Å²) in [4.78, 5) is 24.6. The molecule has 3 heterocycles. The molecule has 1 saturated heterocycles. The SMILES string of the molecule is O=C(NCCN1CCOCC1)c1ccc(Cn2cc(Br)c([N+](=O)[O-])n2)o1. The predicted molar refractivity (Wildman–Crippen MR) is 94.0 cm³/mol. The zero-order valence-corrected chi connectivity index (χ0v) is 15.5. The number of furan rings is 1. The summed E-state index contributed by atoms with van der Waals surface area (Å²) >= 11 is 3.09. The van der Waals surface area contributed by atoms with E-state index in [0.717, 1.165) is 32.8 Å². The number of nitrogens with one attached hydrogen (secondary N) is 1. The summed E-state index contributed by atoms with van der Waals surface area (Å²) in [6.07, 6.45) is 1.49. The number of rotatable bonds is 7. The van der Waals surface area contributed by atoms with Crippen LogP contribution in [-0.2, 0) is 11.3 Å². The second-order valence-electron chi connectivity index (χ2n) is 5.73. The Morgan fingerprint density at radius 3 is 2.85 bits per heavy atom. The number of nitrogens with zero attached hydrogens (tertiary/aromatic N) is 4. The van der Waals surface area contributed by atoms with Gasteiger partial charge in [-0.2, -0.15) is 4.68 Å². The molecule has 1 N–H and O–H groups in total. The average molecular weight is 428 g/mol. The van der Waals surface area contributed by atoms with E-state index in [2.05, 4.69) is 31.2 Å². The zero-order chi connectivity index (χ0) is 18.5. The lowest BCUT2D eigenvalue weighted by Crippen LogP contribution is -2.41. The van der Waals surface area contributed by atoms with Crippen molar-refractivity contribution in [2.45, 2.75) is 6.54 Å². The number of hydrogen-bond donors (Lipinski definition) is 1. The fourth-order valence-electron chi connectivity index (χ4n) is 2.58. The molecule has 0 atom stereocenters. The van der Waals surface area contributed by atoms with Crippen molar-refractivity contribution in [1.82, 2.24) is 20.0 Å². The standard InChI is InChI=1S/C15H18BrN5O5/c16-12-10-20(18-14(12)21(23)24)9-11-1-2-13(26-11)15(22)17-3-4-19-5-7-25-8-6-19/h1-2,10H,3-9H2,(H,17,22). The van der Waals surface area contributed by atoms with Crippen LogP contribution in [0.3, 0.4) is 0 Å². The predicted octanol–water partition coefficient (Wildman–Crippen LogP) is 1.26. The van der Waals surface area contributed by atoms with Gasteiger partial charge in [-0.05, 0) is 33.0 Å². The second kappa shape index (κ2) is 8.43. The summed E-state index contributed by atoms with van der Waals surface area (Å²) in [6.45, 7) is 4.64. The van der Waals surface area contributed by atoms with Crippen molar-refractivity contribution in [3.8, 4) is 0 Å². The molecule has 0 saturated carbocycles. The number of carbonyl (C=O) groups is 1. The molecule has 0 radical (unpaired) electrons. The van der Waals surface area contributed by atoms with E-state index in [1.54, 1.807) is 12.1 Å². The van der Waals surface area contributed by atoms with Gasteiger partial charge in [0.2, 0.25) is 0 Å². The molecule has 2 aromatic heterocycles. The minimum Gasteiger partial charge on any atom is -0.454 e. The molecule has 2 aromatic rings. The summed E-state index contributed by atoms with van der Waals surface area (Å²) in [5.41, 5.74) is 0. The third-order valence-corrected chi connectivity index (χ3v) is 4.45. The summed E-state index contributed by atoms with van der Waals surface area (Å²) in [7, 11) is 0. The molecule has 1 aliphatic rings. The molecular formula is C15H18BrN5O5. The van der Waals surface area contributed by atoms with Crippen LogP contribution < -0.4 is 5.32 Å². The molecule has 0 bridgehead atoms. The van der Waals surface area contributed by atoms with E-state index in [1.165, 1.54) is 10.9 Å². The minimum absolute atomic E-state index is 0.188. The van der Waals surface area contributed by atoms with E-state index in [0.29, 0.717) is 12.3 Å². The first kappa shape index (κ1) is 18.5. The molecule has 0 aliphatic carbocycles. The van der Waals surface area contributed by atoms with Gasteiger partial charge in [-0.3, -0.25) is 9.69 Å². The Balaban J connectivity index is 1.51. The molecule has 140 valence electrons. The van der Waals surface area contributed by atoms with Crippen molar-refractivity contribution in [1.29, 1.82) is 0 Å². The van der Waals surface area contributed by atoms with E-state index in [4.69, 9.17) is 9.15 Å². The molecule has 1 amide bonds. The number of halogens is 1. The van der Waals surface area contributed by atoms with Gasteiger partial charge in [0.15, 0.2) is 5.76 Å². The van der Waals surface area contributed by atoms with Gasteiger partial charge in [0.25, 0.3) is 5.91 Å². The first-order valence-electron chi connectivity index (χ1n) is 8.07. The number of morpholine rings is 1. The Morgan fingerprint density at radius 1 is 1.38 bits per heavy atom. The summed E-state index contributed by atoms with van der Waals surface area (Å²) in [5.74, 6) is 0.116. The first-order valence-corrected chi connectivity index (χ1v) is 8.86. The van der Waals surface area contributed by atoms with Crippen LogP contribution in [0.25, 0.3) is 0 Å². The van der Waals surface area contributed by atoms with Crippen molar-refractivity contribution in [2.75, 3.05) is 39.4 Å². The molecule has 11 heteroatoms. The molecule has 1 aliphatic heterocycles. The third-order valence-electron chi connectivity index (χ3n) is 3.89. The molecule has 3 rings (SSSR count). The Bertz CT molecular complexity index is 783. The van der Waals surface area contributed by atoms with Crippen molar-refractivity contribution in [3.05, 3.63) is 44.4 Å². The van der Waals surface area contributed by atoms with Crippen molar-refractivity contribution in [2.24, 2.45) is 0 Å². The Hall–Kier alpha value is -2.24. The number of amides is 1. The molecule has 0 aromatic carbocycles. The Labute approximate surface area is 157 Å². The van der Waals surface area contributed by atoms with Crippen LogP contribution in [0.2, 0.25) is 0 Å². The second-order valence-corrected chi connectivity index (χ2v) is 6.59. The van der Waals surface area contributed by atoms with Gasteiger partial charge in [0.1, 0.15) is 16.8 Å². The van der Waals surface area contributed by atoms with Crippen LogP contribution in [0, 0.1) is 10.1 Å². The van der Waals surface area contributed by atoms with E-state index < -0.39 is 4.92 Å². The lowest BCUT2D eigenvalue weighted by atomic mass is 10.4. The van der Waals surface area contributed by atoms with Crippen molar-refractivity contribution < 1.29 is 18.9 Å². The van der Waals surface area contributed by atoms with E-state index in [-0.39, 0.29) is 28.5 Å². The fraction of sp³-hybridized carbons (Fsp3) is 0.467. The number of nitro groups is 1. The van der Waals surface area contributed by atoms with E-state index in [1.807, 2.05) is 0 Å². The summed E-state index contributed by atoms with van der Waals surface area (Å²) in [6, 6.07) is 3.23. The molecule has 10 nitrogen and oxygen atoms in total. The van der Waals surface area contributed by atoms with Gasteiger partial charge in [0.05, 0.1) is 24.5 Å². The molecule has 1 fully saturated rings. The topological polar surface area (TPSA) is 116 Å². The Morgan fingerprint density at radius 2 is 2.15 bits per heavy atom. The monoisotopic (exact) mass is 427 g/mol. The quantitative estimate of drug-likeness (QED) is 0.522. The van der Waals surface area contributed by atoms with E-state index in [9.17, 15) is 14.9 Å². The largest absolute Gasteiger partial charge is 0.454 e. The third kappa shape index (κ3) is 4.68. The maximum atomic E-state index is 12.1. The summed E-state index contributed by atoms with van der Waals surface area (Å²) in [5, 5.41) is 17.5. The molecule has 0 spiro atoms. The van der Waals surface area contributed by atoms with Crippen molar-refractivity contribution in [3.63, 3.8) is 0 Å². The van der Waals surface area contributed by atoms with Crippen LogP contribution >= 0.6 is 15.9 Å². The minimum atomic E-state index is -0.573. The number of carbonyl (C=O) groups excluding carboxylic acids is 1. The molecule has 0 unspecified atom stereocenters. The smallest absolute Gasteiger partial charge is 0.404 e. The van der Waals surface area contributed by atoms with Gasteiger partial charge >= 0.3 is 5.82 Å². The number of hydrogen-bond acceptors (Lipinski definition) is 7. The van der Waals surface area contributed by atoms with Gasteiger partial charge in [-0.1, -0.05) is 0 Å². The van der Waals surface area contributed by atoms with Crippen LogP contribution in [0.1, 0.15) is 16.3 Å². The average Bonchev–Trinajstić information content (AvgIpc) is 3.23. The highest BCUT2D eigenvalue weighted by Gasteiger charge is 2.20. The number of ether oxygens (including phenoxy) is 1. The highest BCUT2D eigenvalue weighted by atomic mass is 79.9. The lowest BCUT2D eigenvalue weighted by molar-refractivity contribution is -0.390. The lowest BCUT2D eigenvalue weighted by Gasteiger charge is -2.26. The van der Waals surface area contributed by atoms with Gasteiger partial charge < -0.3 is 24.6 Å². The van der Waals surface area contributed by atoms with E-state index >= 15 is 0 Å². The Kier molecular flexibility index (Phi) is 6.01. The van der Waals surface area contributed by atoms with Crippen LogP contribution in [-0.4, -0.2) is 64.9 Å². The molecule has 26 heavy (non-hydrogen) atoms. The normalized spacial score (nSPS) is 15.1. The highest BCUT2D eigenvalue weighted by Crippen LogP contribution is 2.22. The van der Waals surface area contributed by atoms with Crippen LogP contribution in [0.5, 0.6) is 0 Å². The van der Waals surface area contributed by atoms with Crippen LogP contribution in [0.4, 0.5) is 5.82 Å². The van der Waals surface area contributed by atoms with Gasteiger partial charge in [-0.25, -0.2) is 0 Å². The van der Waals surface area contributed by atoms with Crippen LogP contribution in [0.15, 0.2) is 27.2 Å². The zero-order valence-electron chi connectivity index (χ0n) is 13.9. The number of aromatic nitrogens is 2. The van der Waals surface area contributed by atoms with Gasteiger partial charge in [0, 0.05) is 26.2 Å². The maximum Gasteiger partial charge on any atom is 0.404 e. The maximum absolute atomic E-state index is 12.1. The summed E-state index contributed by atoms with van der Waals surface area (Å²) < 4.78 is 12.5. The van der Waals surface area contributed by atoms with Gasteiger partial charge in [-0.15, -0.1) is 0 Å². The molecular weight excluding hydrogens is 410 g/mol. The van der Waals surface area contributed by atoms with Crippen molar-refractivity contribution >= 4 is 27.7 Å². The fourth-order valence-corrected chi connectivity index (χ4v) is 3.04. The highest BCUT2D eigenvalue weighted by molar-refractivity contribution is 9.10.